The number of benzene rings is 2. The van der Waals surface area contributed by atoms with Crippen LogP contribution in [-0.4, -0.2) is 31.7 Å². The van der Waals surface area contributed by atoms with Crippen LogP contribution in [-0.2, 0) is 4.79 Å². The van der Waals surface area contributed by atoms with Gasteiger partial charge < -0.3 is 14.5 Å². The van der Waals surface area contributed by atoms with Gasteiger partial charge in [-0.15, -0.1) is 0 Å². The first-order valence-corrected chi connectivity index (χ1v) is 10.7. The summed E-state index contributed by atoms with van der Waals surface area (Å²) < 4.78 is 1.96. The molecule has 158 valence electrons. The molecule has 0 fully saturated rings. The molecule has 5 rings (SSSR count). The monoisotopic (exact) mass is 421 g/mol. The van der Waals surface area contributed by atoms with Crippen LogP contribution in [0.1, 0.15) is 24.8 Å². The number of nitrogens with zero attached hydrogens (tertiary/aromatic N) is 4. The molecule has 0 bridgehead atoms. The Labute approximate surface area is 186 Å². The quantitative estimate of drug-likeness (QED) is 0.395. The number of Topliss-reactive ketones (excluding diaryl/α,β-unsaturated/α-hetero) is 1. The molecule has 5 aromatic rings. The van der Waals surface area contributed by atoms with Gasteiger partial charge in [-0.05, 0) is 36.8 Å². The average molecular weight is 422 g/mol. The van der Waals surface area contributed by atoms with E-state index < -0.39 is 0 Å². The van der Waals surface area contributed by atoms with Gasteiger partial charge in [-0.3, -0.25) is 0 Å². The van der Waals surface area contributed by atoms with Gasteiger partial charge in [0.1, 0.15) is 17.2 Å². The first kappa shape index (κ1) is 19.9. The van der Waals surface area contributed by atoms with Crippen molar-refractivity contribution in [3.8, 4) is 11.4 Å². The number of carbonyl (C=O) groups excluding carboxylic acids is 1. The van der Waals surface area contributed by atoms with Crippen molar-refractivity contribution in [3.63, 3.8) is 0 Å². The molecule has 1 atom stereocenters. The second-order valence-corrected chi connectivity index (χ2v) is 7.92. The van der Waals surface area contributed by atoms with E-state index in [1.165, 1.54) is 0 Å². The van der Waals surface area contributed by atoms with E-state index in [2.05, 4.69) is 22.4 Å². The van der Waals surface area contributed by atoms with Crippen LogP contribution in [0.5, 0.6) is 0 Å². The summed E-state index contributed by atoms with van der Waals surface area (Å²) in [4.78, 5) is 25.9. The fourth-order valence-electron chi connectivity index (χ4n) is 3.99. The number of ketones is 1. The van der Waals surface area contributed by atoms with Gasteiger partial charge in [0.2, 0.25) is 0 Å². The number of nitrogens with one attached hydrogen (secondary N) is 1. The number of carbonyl (C=O) groups is 1. The van der Waals surface area contributed by atoms with E-state index in [-0.39, 0.29) is 11.7 Å². The highest BCUT2D eigenvalue weighted by Gasteiger charge is 2.16. The number of imidazole rings is 1. The highest BCUT2D eigenvalue weighted by molar-refractivity contribution is 5.90. The number of fused-ring (bicyclic) bond motifs is 2. The molecule has 0 saturated carbocycles. The number of aromatic nitrogens is 4. The topological polar surface area (TPSA) is 72.2 Å². The smallest absolute Gasteiger partial charge is 0.163 e. The molecule has 1 N–H and O–H groups in total. The van der Waals surface area contributed by atoms with Crippen molar-refractivity contribution in [1.29, 1.82) is 0 Å². The largest absolute Gasteiger partial charge is 0.369 e. The third-order valence-corrected chi connectivity index (χ3v) is 5.57. The summed E-state index contributed by atoms with van der Waals surface area (Å²) in [6.07, 6.45) is 6.14. The summed E-state index contributed by atoms with van der Waals surface area (Å²) in [7, 11) is 0. The predicted molar refractivity (Wildman–Crippen MR) is 127 cm³/mol. The van der Waals surface area contributed by atoms with Crippen LogP contribution in [0.4, 0.5) is 5.82 Å². The van der Waals surface area contributed by atoms with E-state index in [4.69, 9.17) is 9.97 Å². The molecule has 2 aromatic carbocycles. The van der Waals surface area contributed by atoms with Gasteiger partial charge in [-0.25, -0.2) is 15.0 Å². The van der Waals surface area contributed by atoms with E-state index in [1.807, 2.05) is 71.4 Å². The molecule has 0 radical (unpaired) electrons. The molecule has 0 aliphatic carbocycles. The molecule has 32 heavy (non-hydrogen) atoms. The van der Waals surface area contributed by atoms with E-state index in [0.717, 1.165) is 33.5 Å². The molecule has 0 unspecified atom stereocenters. The summed E-state index contributed by atoms with van der Waals surface area (Å²) in [6.45, 7) is 2.24. The van der Waals surface area contributed by atoms with Gasteiger partial charge in [-0.2, -0.15) is 0 Å². The predicted octanol–water partition coefficient (Wildman–Crippen LogP) is 5.12. The van der Waals surface area contributed by atoms with E-state index >= 15 is 0 Å². The number of para-hydroxylation sites is 1. The minimum atomic E-state index is 0.0631. The van der Waals surface area contributed by atoms with Crippen LogP contribution in [0.25, 0.3) is 27.9 Å². The summed E-state index contributed by atoms with van der Waals surface area (Å²) in [6, 6.07) is 22.1. The first-order valence-electron chi connectivity index (χ1n) is 10.7. The highest BCUT2D eigenvalue weighted by Crippen LogP contribution is 2.27. The van der Waals surface area contributed by atoms with Crippen molar-refractivity contribution < 1.29 is 4.79 Å². The molecule has 0 amide bonds. The van der Waals surface area contributed by atoms with Crippen LogP contribution in [0, 0.1) is 0 Å². The third-order valence-electron chi connectivity index (χ3n) is 5.57. The fraction of sp³-hybridized carbons (Fsp3) is 0.154. The fourth-order valence-corrected chi connectivity index (χ4v) is 3.99. The lowest BCUT2D eigenvalue weighted by atomic mass is 9.94. The Bertz CT molecular complexity index is 1390. The van der Waals surface area contributed by atoms with Crippen LogP contribution < -0.4 is 5.32 Å². The van der Waals surface area contributed by atoms with Gasteiger partial charge in [-0.1, -0.05) is 42.5 Å². The molecule has 0 aliphatic rings. The molecule has 0 saturated heterocycles. The Balaban J connectivity index is 1.51. The number of pyridine rings is 1. The van der Waals surface area contributed by atoms with Gasteiger partial charge in [0.25, 0.3) is 0 Å². The lowest BCUT2D eigenvalue weighted by molar-refractivity contribution is -0.117. The molecular weight excluding hydrogens is 398 g/mol. The molecule has 0 aliphatic heterocycles. The summed E-state index contributed by atoms with van der Waals surface area (Å²) in [5.41, 5.74) is 3.79. The maximum absolute atomic E-state index is 11.9. The Kier molecular flexibility index (Phi) is 5.34. The van der Waals surface area contributed by atoms with Crippen molar-refractivity contribution >= 4 is 28.2 Å². The molecule has 6 heteroatoms. The molecule has 3 aromatic heterocycles. The van der Waals surface area contributed by atoms with Gasteiger partial charge in [0, 0.05) is 48.4 Å². The van der Waals surface area contributed by atoms with Crippen LogP contribution in [0.3, 0.4) is 0 Å². The normalized spacial score (nSPS) is 12.2. The SMILES string of the molecule is CC(=O)C[C@H](CNc1nc(-c2ccc3nccn3c2)nc2ccccc12)c1ccccc1. The maximum Gasteiger partial charge on any atom is 0.163 e. The lowest BCUT2D eigenvalue weighted by Gasteiger charge is -2.18. The van der Waals surface area contributed by atoms with Crippen molar-refractivity contribution in [2.24, 2.45) is 0 Å². The standard InChI is InChI=1S/C26H23N5O/c1-18(32)15-21(19-7-3-2-4-8-19)16-28-26-22-9-5-6-10-23(22)29-25(30-26)20-11-12-24-27-13-14-31(24)17-20/h2-14,17,21H,15-16H2,1H3,(H,28,29,30)/t21-/m1/s1. The summed E-state index contributed by atoms with van der Waals surface area (Å²) in [5.74, 6) is 1.64. The van der Waals surface area contributed by atoms with Gasteiger partial charge in [0.15, 0.2) is 5.82 Å². The van der Waals surface area contributed by atoms with Gasteiger partial charge in [0.05, 0.1) is 5.52 Å². The first-order chi connectivity index (χ1) is 15.7. The third kappa shape index (κ3) is 4.07. The zero-order valence-corrected chi connectivity index (χ0v) is 17.8. The van der Waals surface area contributed by atoms with Gasteiger partial charge >= 0.3 is 0 Å². The number of rotatable bonds is 7. The van der Waals surface area contributed by atoms with Crippen LogP contribution in [0.2, 0.25) is 0 Å². The minimum absolute atomic E-state index is 0.0631. The lowest BCUT2D eigenvalue weighted by Crippen LogP contribution is -2.16. The number of anilines is 1. The Morgan fingerprint density at radius 2 is 1.81 bits per heavy atom. The Morgan fingerprint density at radius 3 is 2.66 bits per heavy atom. The average Bonchev–Trinajstić information content (AvgIpc) is 3.30. The Morgan fingerprint density at radius 1 is 1.00 bits per heavy atom. The van der Waals surface area contributed by atoms with E-state index in [0.29, 0.717) is 18.8 Å². The summed E-state index contributed by atoms with van der Waals surface area (Å²) in [5, 5.41) is 4.46. The number of hydrogen-bond acceptors (Lipinski definition) is 5. The zero-order chi connectivity index (χ0) is 21.9. The second-order valence-electron chi connectivity index (χ2n) is 7.92. The Hall–Kier alpha value is -4.06. The van der Waals surface area contributed by atoms with E-state index in [9.17, 15) is 4.79 Å². The van der Waals surface area contributed by atoms with E-state index in [1.54, 1.807) is 13.1 Å². The second kappa shape index (κ2) is 8.59. The molecule has 3 heterocycles. The van der Waals surface area contributed by atoms with Crippen molar-refractivity contribution in [2.75, 3.05) is 11.9 Å². The highest BCUT2D eigenvalue weighted by atomic mass is 16.1. The molecular formula is C26H23N5O. The zero-order valence-electron chi connectivity index (χ0n) is 17.8. The van der Waals surface area contributed by atoms with Crippen molar-refractivity contribution in [2.45, 2.75) is 19.3 Å². The van der Waals surface area contributed by atoms with Crippen LogP contribution >= 0.6 is 0 Å². The minimum Gasteiger partial charge on any atom is -0.369 e. The molecule has 0 spiro atoms. The van der Waals surface area contributed by atoms with Crippen LogP contribution in [0.15, 0.2) is 85.3 Å². The summed E-state index contributed by atoms with van der Waals surface area (Å²) >= 11 is 0. The number of hydrogen-bond donors (Lipinski definition) is 1. The maximum atomic E-state index is 11.9. The molecule has 6 nitrogen and oxygen atoms in total. The van der Waals surface area contributed by atoms with Crippen molar-refractivity contribution in [3.05, 3.63) is 90.9 Å². The van der Waals surface area contributed by atoms with Crippen molar-refractivity contribution in [1.82, 2.24) is 19.4 Å².